The summed E-state index contributed by atoms with van der Waals surface area (Å²) < 4.78 is 33.8. The summed E-state index contributed by atoms with van der Waals surface area (Å²) in [7, 11) is 1.39. The number of alkyl halides is 2. The van der Waals surface area contributed by atoms with Gasteiger partial charge in [0.25, 0.3) is 0 Å². The minimum absolute atomic E-state index is 0.00111. The van der Waals surface area contributed by atoms with Crippen LogP contribution in [0.2, 0.25) is 0 Å². The first-order chi connectivity index (χ1) is 9.92. The maximum atomic E-state index is 12.2. The molecule has 0 saturated heterocycles. The Morgan fingerprint density at radius 2 is 2.05 bits per heavy atom. The predicted octanol–water partition coefficient (Wildman–Crippen LogP) is 3.05. The van der Waals surface area contributed by atoms with Gasteiger partial charge in [-0.1, -0.05) is 6.07 Å². The summed E-state index contributed by atoms with van der Waals surface area (Å²) in [6, 6.07) is 4.86. The van der Waals surface area contributed by atoms with E-state index >= 15 is 0 Å². The molecule has 0 radical (unpaired) electrons. The number of benzene rings is 1. The molecule has 0 aliphatic rings. The van der Waals surface area contributed by atoms with Gasteiger partial charge in [-0.3, -0.25) is 4.79 Å². The topological polar surface area (TPSA) is 47.6 Å². The summed E-state index contributed by atoms with van der Waals surface area (Å²) in [5.74, 6) is 1.14. The Kier molecular flexibility index (Phi) is 7.28. The fourth-order valence-electron chi connectivity index (χ4n) is 1.62. The molecule has 1 amide bonds. The second kappa shape index (κ2) is 8.71. The highest BCUT2D eigenvalue weighted by atomic mass is 32.2. The van der Waals surface area contributed by atoms with Crippen molar-refractivity contribution < 1.29 is 23.0 Å². The molecular formula is C14H19F2NO3S. The summed E-state index contributed by atoms with van der Waals surface area (Å²) in [4.78, 5) is 11.5. The molecule has 0 spiro atoms. The van der Waals surface area contributed by atoms with Crippen LogP contribution in [0.4, 0.5) is 8.78 Å². The first kappa shape index (κ1) is 17.6. The number of hydrogen-bond donors (Lipinski definition) is 1. The van der Waals surface area contributed by atoms with Crippen LogP contribution in [-0.2, 0) is 10.5 Å². The standard InChI is InChI=1S/C14H19F2NO3S/c1-9(2)17-13(18)8-21-7-10-4-5-11(20-14(15)16)12(6-10)19-3/h4-6,9,14H,7-8H2,1-3H3,(H,17,18). The lowest BCUT2D eigenvalue weighted by Crippen LogP contribution is -2.31. The van der Waals surface area contributed by atoms with Crippen LogP contribution in [0, 0.1) is 0 Å². The highest BCUT2D eigenvalue weighted by Crippen LogP contribution is 2.30. The molecule has 0 atom stereocenters. The molecule has 0 aromatic heterocycles. The van der Waals surface area contributed by atoms with Gasteiger partial charge in [0.05, 0.1) is 12.9 Å². The molecule has 21 heavy (non-hydrogen) atoms. The van der Waals surface area contributed by atoms with Gasteiger partial charge in [-0.2, -0.15) is 8.78 Å². The Balaban J connectivity index is 2.54. The number of amides is 1. The number of nitrogens with one attached hydrogen (secondary N) is 1. The molecular weight excluding hydrogens is 300 g/mol. The quantitative estimate of drug-likeness (QED) is 0.800. The van der Waals surface area contributed by atoms with Crippen molar-refractivity contribution in [3.63, 3.8) is 0 Å². The van der Waals surface area contributed by atoms with Gasteiger partial charge in [-0.15, -0.1) is 11.8 Å². The number of carbonyl (C=O) groups excluding carboxylic acids is 1. The van der Waals surface area contributed by atoms with Crippen molar-refractivity contribution in [1.82, 2.24) is 5.32 Å². The van der Waals surface area contributed by atoms with E-state index in [-0.39, 0.29) is 23.4 Å². The molecule has 0 aliphatic carbocycles. The predicted molar refractivity (Wildman–Crippen MR) is 79.1 cm³/mol. The van der Waals surface area contributed by atoms with E-state index in [2.05, 4.69) is 10.1 Å². The highest BCUT2D eigenvalue weighted by molar-refractivity contribution is 7.99. The number of halogens is 2. The van der Waals surface area contributed by atoms with E-state index in [1.54, 1.807) is 12.1 Å². The van der Waals surface area contributed by atoms with Crippen molar-refractivity contribution in [2.24, 2.45) is 0 Å². The molecule has 1 aromatic carbocycles. The molecule has 1 N–H and O–H groups in total. The molecule has 0 unspecified atom stereocenters. The highest BCUT2D eigenvalue weighted by Gasteiger charge is 2.11. The van der Waals surface area contributed by atoms with Crippen LogP contribution in [0.5, 0.6) is 11.5 Å². The molecule has 0 bridgehead atoms. The third kappa shape index (κ3) is 6.66. The van der Waals surface area contributed by atoms with Crippen LogP contribution in [0.25, 0.3) is 0 Å². The van der Waals surface area contributed by atoms with E-state index in [0.717, 1.165) is 5.56 Å². The Morgan fingerprint density at radius 3 is 2.62 bits per heavy atom. The monoisotopic (exact) mass is 319 g/mol. The lowest BCUT2D eigenvalue weighted by molar-refractivity contribution is -0.119. The van der Waals surface area contributed by atoms with Gasteiger partial charge in [0.1, 0.15) is 0 Å². The van der Waals surface area contributed by atoms with E-state index in [4.69, 9.17) is 4.74 Å². The minimum Gasteiger partial charge on any atom is -0.493 e. The average Bonchev–Trinajstić information content (AvgIpc) is 2.38. The van der Waals surface area contributed by atoms with Gasteiger partial charge in [0, 0.05) is 11.8 Å². The summed E-state index contributed by atoms with van der Waals surface area (Å²) in [5, 5.41) is 2.79. The van der Waals surface area contributed by atoms with Gasteiger partial charge >= 0.3 is 6.61 Å². The summed E-state index contributed by atoms with van der Waals surface area (Å²) in [5.41, 5.74) is 0.871. The molecule has 1 rings (SSSR count). The Labute approximate surface area is 127 Å². The molecule has 7 heteroatoms. The second-order valence-corrected chi connectivity index (χ2v) is 5.56. The van der Waals surface area contributed by atoms with E-state index < -0.39 is 6.61 Å². The number of hydrogen-bond acceptors (Lipinski definition) is 4. The molecule has 1 aromatic rings. The van der Waals surface area contributed by atoms with Gasteiger partial charge in [0.2, 0.25) is 5.91 Å². The zero-order chi connectivity index (χ0) is 15.8. The minimum atomic E-state index is -2.89. The van der Waals surface area contributed by atoms with Gasteiger partial charge in [-0.05, 0) is 31.5 Å². The van der Waals surface area contributed by atoms with Crippen molar-refractivity contribution in [2.45, 2.75) is 32.3 Å². The molecule has 0 fully saturated rings. The lowest BCUT2D eigenvalue weighted by atomic mass is 10.2. The first-order valence-corrected chi connectivity index (χ1v) is 7.56. The van der Waals surface area contributed by atoms with Gasteiger partial charge in [-0.25, -0.2) is 0 Å². The summed E-state index contributed by atoms with van der Waals surface area (Å²) in [6.45, 7) is 0.906. The molecule has 0 heterocycles. The van der Waals surface area contributed by atoms with Crippen LogP contribution in [-0.4, -0.2) is 31.4 Å². The summed E-state index contributed by atoms with van der Waals surface area (Å²) in [6.07, 6.45) is 0. The van der Waals surface area contributed by atoms with Crippen molar-refractivity contribution in [3.8, 4) is 11.5 Å². The largest absolute Gasteiger partial charge is 0.493 e. The SMILES string of the molecule is COc1cc(CSCC(=O)NC(C)C)ccc1OC(F)F. The molecule has 4 nitrogen and oxygen atoms in total. The number of ether oxygens (including phenoxy) is 2. The van der Waals surface area contributed by atoms with Crippen LogP contribution >= 0.6 is 11.8 Å². The van der Waals surface area contributed by atoms with Crippen LogP contribution in [0.3, 0.4) is 0 Å². The zero-order valence-electron chi connectivity index (χ0n) is 12.2. The maximum absolute atomic E-state index is 12.2. The fourth-order valence-corrected chi connectivity index (χ4v) is 2.41. The van der Waals surface area contributed by atoms with Crippen molar-refractivity contribution in [3.05, 3.63) is 23.8 Å². The number of methoxy groups -OCH3 is 1. The van der Waals surface area contributed by atoms with Crippen LogP contribution < -0.4 is 14.8 Å². The first-order valence-electron chi connectivity index (χ1n) is 6.41. The van der Waals surface area contributed by atoms with E-state index in [1.807, 2.05) is 13.8 Å². The van der Waals surface area contributed by atoms with E-state index in [9.17, 15) is 13.6 Å². The Morgan fingerprint density at radius 1 is 1.33 bits per heavy atom. The van der Waals surface area contributed by atoms with Crippen LogP contribution in [0.15, 0.2) is 18.2 Å². The second-order valence-electron chi connectivity index (χ2n) is 4.58. The normalized spacial score (nSPS) is 10.8. The number of carbonyl (C=O) groups is 1. The fraction of sp³-hybridized carbons (Fsp3) is 0.500. The number of thioether (sulfide) groups is 1. The maximum Gasteiger partial charge on any atom is 0.387 e. The summed E-state index contributed by atoms with van der Waals surface area (Å²) >= 11 is 1.44. The third-order valence-corrected chi connectivity index (χ3v) is 3.40. The molecule has 118 valence electrons. The average molecular weight is 319 g/mol. The molecule has 0 saturated carbocycles. The molecule has 0 aliphatic heterocycles. The Bertz CT molecular complexity index is 470. The van der Waals surface area contributed by atoms with Gasteiger partial charge < -0.3 is 14.8 Å². The van der Waals surface area contributed by atoms with Crippen LogP contribution in [0.1, 0.15) is 19.4 Å². The smallest absolute Gasteiger partial charge is 0.387 e. The lowest BCUT2D eigenvalue weighted by Gasteiger charge is -2.11. The zero-order valence-corrected chi connectivity index (χ0v) is 13.0. The van der Waals surface area contributed by atoms with Crippen molar-refractivity contribution >= 4 is 17.7 Å². The van der Waals surface area contributed by atoms with Crippen molar-refractivity contribution in [2.75, 3.05) is 12.9 Å². The van der Waals surface area contributed by atoms with E-state index in [0.29, 0.717) is 11.5 Å². The van der Waals surface area contributed by atoms with E-state index in [1.165, 1.54) is 24.9 Å². The third-order valence-electron chi connectivity index (χ3n) is 2.40. The van der Waals surface area contributed by atoms with Crippen molar-refractivity contribution in [1.29, 1.82) is 0 Å². The Hall–Kier alpha value is -1.50. The van der Waals surface area contributed by atoms with Gasteiger partial charge in [0.15, 0.2) is 11.5 Å². The number of rotatable bonds is 8.